The lowest BCUT2D eigenvalue weighted by atomic mass is 9.78. The fourth-order valence-electron chi connectivity index (χ4n) is 4.06. The van der Waals surface area contributed by atoms with Crippen LogP contribution in [0.1, 0.15) is 44.9 Å². The maximum atomic E-state index is 14.2. The van der Waals surface area contributed by atoms with Gasteiger partial charge >= 0.3 is 0 Å². The number of nitrogens with two attached hydrogens (primary N) is 1. The molecule has 0 amide bonds. The van der Waals surface area contributed by atoms with Gasteiger partial charge in [-0.2, -0.15) is 0 Å². The largest absolute Gasteiger partial charge is 0.375 e. The molecule has 3 fully saturated rings. The number of hydrogen-bond donors (Lipinski definition) is 1. The highest BCUT2D eigenvalue weighted by molar-refractivity contribution is 4.96. The average molecular weight is 303 g/mol. The van der Waals surface area contributed by atoms with E-state index in [4.69, 9.17) is 15.2 Å². The van der Waals surface area contributed by atoms with Crippen LogP contribution in [0.3, 0.4) is 0 Å². The van der Waals surface area contributed by atoms with Crippen LogP contribution in [0.5, 0.6) is 0 Å². The van der Waals surface area contributed by atoms with Gasteiger partial charge in [-0.1, -0.05) is 0 Å². The van der Waals surface area contributed by atoms with Crippen molar-refractivity contribution < 1.29 is 18.3 Å². The van der Waals surface area contributed by atoms with Gasteiger partial charge in [0.1, 0.15) is 0 Å². The number of rotatable bonds is 3. The molecule has 0 spiro atoms. The first kappa shape index (κ1) is 15.6. The Morgan fingerprint density at radius 3 is 2.57 bits per heavy atom. The molecule has 3 aliphatic rings. The van der Waals surface area contributed by atoms with Crippen LogP contribution in [0.2, 0.25) is 0 Å². The van der Waals surface area contributed by atoms with Crippen LogP contribution in [0.15, 0.2) is 0 Å². The van der Waals surface area contributed by atoms with Crippen LogP contribution < -0.4 is 5.73 Å². The third-order valence-electron chi connectivity index (χ3n) is 5.44. The van der Waals surface area contributed by atoms with Crippen molar-refractivity contribution in [1.82, 2.24) is 0 Å². The molecule has 1 saturated heterocycles. The summed E-state index contributed by atoms with van der Waals surface area (Å²) in [6, 6.07) is 0.306. The molecule has 0 bridgehead atoms. The van der Waals surface area contributed by atoms with E-state index in [1.807, 2.05) is 0 Å². The summed E-state index contributed by atoms with van der Waals surface area (Å²) in [7, 11) is 0. The van der Waals surface area contributed by atoms with Crippen LogP contribution in [0.4, 0.5) is 8.78 Å². The van der Waals surface area contributed by atoms with Gasteiger partial charge in [0.15, 0.2) is 12.3 Å². The Morgan fingerprint density at radius 2 is 1.81 bits per heavy atom. The number of fused-ring (bicyclic) bond motifs is 1. The van der Waals surface area contributed by atoms with Crippen LogP contribution in [-0.2, 0) is 9.47 Å². The van der Waals surface area contributed by atoms with E-state index in [1.165, 1.54) is 0 Å². The zero-order chi connectivity index (χ0) is 14.8. The quantitative estimate of drug-likeness (QED) is 0.872. The first-order valence-corrected chi connectivity index (χ1v) is 8.42. The lowest BCUT2D eigenvalue weighted by Gasteiger charge is -2.43. The summed E-state index contributed by atoms with van der Waals surface area (Å²) in [6.45, 7) is 1.10. The topological polar surface area (TPSA) is 44.5 Å². The van der Waals surface area contributed by atoms with Gasteiger partial charge in [0.25, 0.3) is 0 Å². The Labute approximate surface area is 125 Å². The third kappa shape index (κ3) is 3.57. The minimum Gasteiger partial charge on any atom is -0.375 e. The fourth-order valence-corrected chi connectivity index (χ4v) is 4.06. The lowest BCUT2D eigenvalue weighted by Crippen LogP contribution is -2.53. The summed E-state index contributed by atoms with van der Waals surface area (Å²) < 4.78 is 39.6. The molecule has 0 aromatic rings. The second kappa shape index (κ2) is 6.88. The molecule has 5 atom stereocenters. The molecule has 21 heavy (non-hydrogen) atoms. The molecule has 1 aliphatic heterocycles. The fraction of sp³-hybridized carbons (Fsp3) is 1.00. The maximum Gasteiger partial charge on any atom is 0.160 e. The van der Waals surface area contributed by atoms with E-state index in [0.717, 1.165) is 38.5 Å². The summed E-state index contributed by atoms with van der Waals surface area (Å²) in [4.78, 5) is 0. The van der Waals surface area contributed by atoms with Crippen molar-refractivity contribution in [2.24, 2.45) is 17.6 Å². The number of alkyl halides is 2. The van der Waals surface area contributed by atoms with Gasteiger partial charge in [0.2, 0.25) is 0 Å². The zero-order valence-electron chi connectivity index (χ0n) is 12.6. The molecule has 0 radical (unpaired) electrons. The minimum atomic E-state index is -1.55. The van der Waals surface area contributed by atoms with Crippen LogP contribution in [-0.4, -0.2) is 43.8 Å². The Morgan fingerprint density at radius 1 is 1.05 bits per heavy atom. The molecule has 1 heterocycles. The van der Waals surface area contributed by atoms with Gasteiger partial charge in [-0.15, -0.1) is 0 Å². The summed E-state index contributed by atoms with van der Waals surface area (Å²) >= 11 is 0. The van der Waals surface area contributed by atoms with Crippen molar-refractivity contribution in [2.75, 3.05) is 13.2 Å². The number of hydrogen-bond acceptors (Lipinski definition) is 3. The normalized spacial score (nSPS) is 47.9. The van der Waals surface area contributed by atoms with Crippen LogP contribution in [0.25, 0.3) is 0 Å². The van der Waals surface area contributed by atoms with Gasteiger partial charge in [0, 0.05) is 19.3 Å². The molecule has 3 nitrogen and oxygen atoms in total. The van der Waals surface area contributed by atoms with E-state index in [0.29, 0.717) is 31.6 Å². The molecule has 5 heteroatoms. The highest BCUT2D eigenvalue weighted by Crippen LogP contribution is 2.38. The molecule has 2 aliphatic carbocycles. The van der Waals surface area contributed by atoms with Gasteiger partial charge < -0.3 is 15.2 Å². The molecule has 5 unspecified atom stereocenters. The highest BCUT2D eigenvalue weighted by Gasteiger charge is 2.48. The van der Waals surface area contributed by atoms with Crippen molar-refractivity contribution >= 4 is 0 Å². The number of halogens is 2. The van der Waals surface area contributed by atoms with Crippen LogP contribution >= 0.6 is 0 Å². The molecular formula is C16H27F2NO2. The van der Waals surface area contributed by atoms with E-state index in [2.05, 4.69) is 0 Å². The molecule has 0 aromatic carbocycles. The molecule has 122 valence electrons. The molecule has 2 N–H and O–H groups in total. The smallest absolute Gasteiger partial charge is 0.160 e. The van der Waals surface area contributed by atoms with Gasteiger partial charge in [-0.05, 0) is 56.8 Å². The van der Waals surface area contributed by atoms with Crippen LogP contribution in [0, 0.1) is 11.8 Å². The second-order valence-corrected chi connectivity index (χ2v) is 7.01. The number of ether oxygens (including phenoxy) is 2. The SMILES string of the molecule is NC1CCC(COC2CC3CCCOC3C(F)C2F)CC1. The highest BCUT2D eigenvalue weighted by atomic mass is 19.2. The van der Waals surface area contributed by atoms with E-state index < -0.39 is 24.6 Å². The second-order valence-electron chi connectivity index (χ2n) is 7.01. The molecule has 2 saturated carbocycles. The predicted molar refractivity (Wildman–Crippen MR) is 76.5 cm³/mol. The van der Waals surface area contributed by atoms with E-state index in [9.17, 15) is 8.78 Å². The molecule has 3 rings (SSSR count). The average Bonchev–Trinajstić information content (AvgIpc) is 2.51. The van der Waals surface area contributed by atoms with Crippen molar-refractivity contribution in [1.29, 1.82) is 0 Å². The van der Waals surface area contributed by atoms with Crippen molar-refractivity contribution in [2.45, 2.75) is 75.5 Å². The van der Waals surface area contributed by atoms with Gasteiger partial charge in [-0.3, -0.25) is 0 Å². The standard InChI is InChI=1S/C16H27F2NO2/c17-14-13(21-9-10-3-5-12(19)6-4-10)8-11-2-1-7-20-16(11)15(14)18/h10-16H,1-9,19H2. The minimum absolute atomic E-state index is 0.116. The summed E-state index contributed by atoms with van der Waals surface area (Å²) in [6.07, 6.45) is 2.35. The van der Waals surface area contributed by atoms with Crippen molar-refractivity contribution in [3.8, 4) is 0 Å². The van der Waals surface area contributed by atoms with E-state index in [1.54, 1.807) is 0 Å². The van der Waals surface area contributed by atoms with Crippen molar-refractivity contribution in [3.63, 3.8) is 0 Å². The summed E-state index contributed by atoms with van der Waals surface area (Å²) in [5.41, 5.74) is 5.89. The van der Waals surface area contributed by atoms with Crippen molar-refractivity contribution in [3.05, 3.63) is 0 Å². The lowest BCUT2D eigenvalue weighted by molar-refractivity contribution is -0.163. The molecule has 0 aromatic heterocycles. The van der Waals surface area contributed by atoms with E-state index >= 15 is 0 Å². The summed E-state index contributed by atoms with van der Waals surface area (Å²) in [5.74, 6) is 0.570. The van der Waals surface area contributed by atoms with Gasteiger partial charge in [-0.25, -0.2) is 8.78 Å². The zero-order valence-corrected chi connectivity index (χ0v) is 12.6. The van der Waals surface area contributed by atoms with E-state index in [-0.39, 0.29) is 5.92 Å². The first-order chi connectivity index (χ1) is 10.1. The monoisotopic (exact) mass is 303 g/mol. The molecular weight excluding hydrogens is 276 g/mol. The Balaban J connectivity index is 1.50. The Kier molecular flexibility index (Phi) is 5.12. The predicted octanol–water partition coefficient (Wildman–Crippen LogP) is 2.76. The van der Waals surface area contributed by atoms with Gasteiger partial charge in [0.05, 0.1) is 12.2 Å². The third-order valence-corrected chi connectivity index (χ3v) is 5.44. The first-order valence-electron chi connectivity index (χ1n) is 8.42. The Hall–Kier alpha value is -0.260. The summed E-state index contributed by atoms with van der Waals surface area (Å²) in [5, 5.41) is 0. The maximum absolute atomic E-state index is 14.2. The Bertz CT molecular complexity index is 334.